The highest BCUT2D eigenvalue weighted by Gasteiger charge is 2.17. The molecule has 14 heavy (non-hydrogen) atoms. The number of hydrogen-bond donors (Lipinski definition) is 2. The first-order chi connectivity index (χ1) is 6.51. The molecule has 2 N–H and O–H groups in total. The zero-order valence-corrected chi connectivity index (χ0v) is 9.71. The fraction of sp³-hybridized carbons (Fsp3) is 0.909. The molecular formula is C11H23NO2. The largest absolute Gasteiger partial charge is 0.395 e. The summed E-state index contributed by atoms with van der Waals surface area (Å²) in [5.74, 6) is 0.317. The van der Waals surface area contributed by atoms with E-state index in [1.54, 1.807) is 0 Å². The van der Waals surface area contributed by atoms with Crippen LogP contribution >= 0.6 is 0 Å². The zero-order chi connectivity index (χ0) is 11.1. The number of rotatable bonds is 7. The maximum atomic E-state index is 11.3. The lowest BCUT2D eigenvalue weighted by atomic mass is 9.96. The maximum Gasteiger partial charge on any atom is 0.135 e. The molecule has 0 saturated heterocycles. The fourth-order valence-electron chi connectivity index (χ4n) is 1.57. The average molecular weight is 201 g/mol. The molecule has 0 spiro atoms. The number of nitrogens with one attached hydrogen (secondary N) is 1. The zero-order valence-electron chi connectivity index (χ0n) is 9.71. The van der Waals surface area contributed by atoms with E-state index in [1.165, 1.54) is 0 Å². The van der Waals surface area contributed by atoms with Crippen molar-refractivity contribution >= 4 is 5.78 Å². The second-order valence-electron chi connectivity index (χ2n) is 4.16. The molecule has 0 rings (SSSR count). The molecule has 2 atom stereocenters. The Morgan fingerprint density at radius 1 is 1.36 bits per heavy atom. The predicted molar refractivity (Wildman–Crippen MR) is 58.2 cm³/mol. The Kier molecular flexibility index (Phi) is 6.75. The molecule has 0 aromatic carbocycles. The molecule has 0 aliphatic heterocycles. The highest BCUT2D eigenvalue weighted by molar-refractivity contribution is 5.80. The summed E-state index contributed by atoms with van der Waals surface area (Å²) in [7, 11) is 0. The van der Waals surface area contributed by atoms with E-state index in [2.05, 4.69) is 5.32 Å². The minimum Gasteiger partial charge on any atom is -0.395 e. The number of hydrogen-bond acceptors (Lipinski definition) is 3. The van der Waals surface area contributed by atoms with Gasteiger partial charge in [0.15, 0.2) is 0 Å². The fourth-order valence-corrected chi connectivity index (χ4v) is 1.57. The maximum absolute atomic E-state index is 11.3. The van der Waals surface area contributed by atoms with Crippen molar-refractivity contribution in [3.8, 4) is 0 Å². The lowest BCUT2D eigenvalue weighted by molar-refractivity contribution is -0.122. The Bertz CT molecular complexity index is 169. The Balaban J connectivity index is 3.97. The monoisotopic (exact) mass is 201 g/mol. The molecule has 0 saturated carbocycles. The Labute approximate surface area is 86.9 Å². The summed E-state index contributed by atoms with van der Waals surface area (Å²) in [4.78, 5) is 11.3. The standard InChI is InChI=1S/C11H23NO2/c1-5-11(14)9(4)6-10(7-13)12-8(2)3/h8-10,12-13H,5-7H2,1-4H3. The highest BCUT2D eigenvalue weighted by atomic mass is 16.3. The highest BCUT2D eigenvalue weighted by Crippen LogP contribution is 2.09. The van der Waals surface area contributed by atoms with E-state index < -0.39 is 0 Å². The minimum atomic E-state index is 0.0421. The summed E-state index contributed by atoms with van der Waals surface area (Å²) in [5, 5.41) is 12.3. The summed E-state index contributed by atoms with van der Waals surface area (Å²) in [6.07, 6.45) is 1.31. The van der Waals surface area contributed by atoms with Gasteiger partial charge in [0.1, 0.15) is 5.78 Å². The summed E-state index contributed by atoms with van der Waals surface area (Å²) in [6.45, 7) is 7.97. The second kappa shape index (κ2) is 6.96. The van der Waals surface area contributed by atoms with E-state index in [-0.39, 0.29) is 24.3 Å². The quantitative estimate of drug-likeness (QED) is 0.653. The van der Waals surface area contributed by atoms with E-state index in [0.717, 1.165) is 6.42 Å². The molecule has 0 fully saturated rings. The molecule has 0 heterocycles. The number of Topliss-reactive ketones (excluding diaryl/α,β-unsaturated/α-hetero) is 1. The van der Waals surface area contributed by atoms with Crippen LogP contribution in [0.5, 0.6) is 0 Å². The van der Waals surface area contributed by atoms with Gasteiger partial charge in [-0.3, -0.25) is 4.79 Å². The Hall–Kier alpha value is -0.410. The van der Waals surface area contributed by atoms with Gasteiger partial charge < -0.3 is 10.4 Å². The van der Waals surface area contributed by atoms with Gasteiger partial charge in [0.2, 0.25) is 0 Å². The van der Waals surface area contributed by atoms with Gasteiger partial charge in [-0.15, -0.1) is 0 Å². The minimum absolute atomic E-state index is 0.0421. The molecule has 3 nitrogen and oxygen atoms in total. The number of carbonyl (C=O) groups excluding carboxylic acids is 1. The second-order valence-corrected chi connectivity index (χ2v) is 4.16. The summed E-state index contributed by atoms with van der Waals surface area (Å²) >= 11 is 0. The number of carbonyl (C=O) groups is 1. The average Bonchev–Trinajstić information content (AvgIpc) is 2.14. The SMILES string of the molecule is CCC(=O)C(C)CC(CO)NC(C)C. The van der Waals surface area contributed by atoms with Crippen molar-refractivity contribution in [3.63, 3.8) is 0 Å². The number of aliphatic hydroxyl groups excluding tert-OH is 1. The summed E-state index contributed by atoms with van der Waals surface area (Å²) < 4.78 is 0. The molecule has 84 valence electrons. The molecule has 0 aliphatic rings. The molecule has 0 radical (unpaired) electrons. The van der Waals surface area contributed by atoms with Crippen LogP contribution in [-0.4, -0.2) is 29.6 Å². The first kappa shape index (κ1) is 13.6. The van der Waals surface area contributed by atoms with Crippen molar-refractivity contribution in [2.75, 3.05) is 6.61 Å². The smallest absolute Gasteiger partial charge is 0.135 e. The third kappa shape index (κ3) is 5.35. The van der Waals surface area contributed by atoms with Gasteiger partial charge in [-0.2, -0.15) is 0 Å². The van der Waals surface area contributed by atoms with Crippen LogP contribution in [0.25, 0.3) is 0 Å². The van der Waals surface area contributed by atoms with Crippen molar-refractivity contribution in [1.29, 1.82) is 0 Å². The van der Waals surface area contributed by atoms with Gasteiger partial charge in [0.25, 0.3) is 0 Å². The van der Waals surface area contributed by atoms with Crippen molar-refractivity contribution < 1.29 is 9.90 Å². The molecule has 0 aromatic heterocycles. The van der Waals surface area contributed by atoms with Crippen LogP contribution in [0.2, 0.25) is 0 Å². The molecule has 2 unspecified atom stereocenters. The van der Waals surface area contributed by atoms with Gasteiger partial charge in [-0.25, -0.2) is 0 Å². The molecule has 0 amide bonds. The van der Waals surface area contributed by atoms with E-state index >= 15 is 0 Å². The van der Waals surface area contributed by atoms with Crippen LogP contribution < -0.4 is 5.32 Å². The van der Waals surface area contributed by atoms with Crippen LogP contribution in [0.4, 0.5) is 0 Å². The van der Waals surface area contributed by atoms with E-state index in [1.807, 2.05) is 27.7 Å². The number of aliphatic hydroxyl groups is 1. The lowest BCUT2D eigenvalue weighted by Crippen LogP contribution is -2.39. The van der Waals surface area contributed by atoms with Crippen LogP contribution in [-0.2, 0) is 4.79 Å². The van der Waals surface area contributed by atoms with Gasteiger partial charge in [-0.1, -0.05) is 27.7 Å². The third-order valence-corrected chi connectivity index (χ3v) is 2.33. The normalized spacial score (nSPS) is 15.6. The summed E-state index contributed by atoms with van der Waals surface area (Å²) in [5.41, 5.74) is 0. The Morgan fingerprint density at radius 3 is 2.29 bits per heavy atom. The topological polar surface area (TPSA) is 49.3 Å². The molecule has 0 bridgehead atoms. The van der Waals surface area contributed by atoms with Crippen LogP contribution in [0.3, 0.4) is 0 Å². The molecular weight excluding hydrogens is 178 g/mol. The van der Waals surface area contributed by atoms with Gasteiger partial charge in [0.05, 0.1) is 6.61 Å². The van der Waals surface area contributed by atoms with Gasteiger partial charge in [0, 0.05) is 24.4 Å². The van der Waals surface area contributed by atoms with Gasteiger partial charge >= 0.3 is 0 Å². The Morgan fingerprint density at radius 2 is 1.93 bits per heavy atom. The molecule has 3 heteroatoms. The van der Waals surface area contributed by atoms with E-state index in [4.69, 9.17) is 5.11 Å². The van der Waals surface area contributed by atoms with Crippen molar-refractivity contribution in [3.05, 3.63) is 0 Å². The lowest BCUT2D eigenvalue weighted by Gasteiger charge is -2.21. The molecule has 0 aromatic rings. The van der Waals surface area contributed by atoms with Crippen LogP contribution in [0.1, 0.15) is 40.5 Å². The van der Waals surface area contributed by atoms with Crippen molar-refractivity contribution in [1.82, 2.24) is 5.32 Å². The van der Waals surface area contributed by atoms with Crippen LogP contribution in [0, 0.1) is 5.92 Å². The predicted octanol–water partition coefficient (Wildman–Crippen LogP) is 1.35. The van der Waals surface area contributed by atoms with Crippen molar-refractivity contribution in [2.24, 2.45) is 5.92 Å². The van der Waals surface area contributed by atoms with Crippen LogP contribution in [0.15, 0.2) is 0 Å². The number of ketones is 1. The van der Waals surface area contributed by atoms with Crippen molar-refractivity contribution in [2.45, 2.75) is 52.6 Å². The first-order valence-electron chi connectivity index (χ1n) is 5.40. The van der Waals surface area contributed by atoms with E-state index in [9.17, 15) is 4.79 Å². The summed E-state index contributed by atoms with van der Waals surface area (Å²) in [6, 6.07) is 0.386. The van der Waals surface area contributed by atoms with Gasteiger partial charge in [-0.05, 0) is 6.42 Å². The third-order valence-electron chi connectivity index (χ3n) is 2.33. The first-order valence-corrected chi connectivity index (χ1v) is 5.40. The molecule has 0 aliphatic carbocycles. The van der Waals surface area contributed by atoms with E-state index in [0.29, 0.717) is 12.5 Å².